The van der Waals surface area contributed by atoms with Gasteiger partial charge in [-0.1, -0.05) is 0 Å². The Morgan fingerprint density at radius 3 is 2.53 bits per heavy atom. The minimum absolute atomic E-state index is 0.00973. The molecule has 0 amide bonds. The van der Waals surface area contributed by atoms with E-state index in [4.69, 9.17) is 5.73 Å². The van der Waals surface area contributed by atoms with E-state index < -0.39 is 0 Å². The van der Waals surface area contributed by atoms with Gasteiger partial charge in [0.1, 0.15) is 0 Å². The number of anilines is 2. The van der Waals surface area contributed by atoms with Crippen molar-refractivity contribution in [3.05, 3.63) is 23.8 Å². The van der Waals surface area contributed by atoms with Gasteiger partial charge in [0, 0.05) is 22.5 Å². The van der Waals surface area contributed by atoms with Gasteiger partial charge in [-0.05, 0) is 57.7 Å². The van der Waals surface area contributed by atoms with E-state index in [9.17, 15) is 4.79 Å². The molecule has 3 nitrogen and oxygen atoms in total. The summed E-state index contributed by atoms with van der Waals surface area (Å²) < 4.78 is 0. The fourth-order valence-electron chi connectivity index (χ4n) is 2.24. The molecule has 1 aliphatic rings. The summed E-state index contributed by atoms with van der Waals surface area (Å²) in [7, 11) is 0. The number of benzene rings is 1. The quantitative estimate of drug-likeness (QED) is 0.619. The van der Waals surface area contributed by atoms with Crippen LogP contribution in [-0.2, 0) is 0 Å². The van der Waals surface area contributed by atoms with Gasteiger partial charge >= 0.3 is 0 Å². The fraction of sp³-hybridized carbons (Fsp3) is 0.500. The second-order valence-corrected chi connectivity index (χ2v) is 5.48. The summed E-state index contributed by atoms with van der Waals surface area (Å²) in [6.07, 6.45) is 2.59. The Kier molecular flexibility index (Phi) is 2.86. The summed E-state index contributed by atoms with van der Waals surface area (Å²) >= 11 is 0. The molecule has 0 saturated heterocycles. The fourth-order valence-corrected chi connectivity index (χ4v) is 2.24. The van der Waals surface area contributed by atoms with Crippen LogP contribution in [0.4, 0.5) is 11.4 Å². The maximum absolute atomic E-state index is 11.3. The Bertz CT molecular complexity index is 448. The third-order valence-corrected chi connectivity index (χ3v) is 3.50. The maximum atomic E-state index is 11.3. The van der Waals surface area contributed by atoms with Gasteiger partial charge in [0.15, 0.2) is 5.78 Å². The minimum Gasteiger partial charge on any atom is -0.398 e. The summed E-state index contributed by atoms with van der Waals surface area (Å²) in [5.41, 5.74) is 8.11. The Hall–Kier alpha value is -1.51. The first kappa shape index (κ1) is 12.0. The number of nitrogen functional groups attached to an aromatic ring is 1. The summed E-state index contributed by atoms with van der Waals surface area (Å²) in [4.78, 5) is 11.3. The average molecular weight is 232 g/mol. The summed E-state index contributed by atoms with van der Waals surface area (Å²) in [6, 6.07) is 5.57. The highest BCUT2D eigenvalue weighted by Crippen LogP contribution is 2.41. The van der Waals surface area contributed by atoms with E-state index in [2.05, 4.69) is 19.2 Å². The first-order valence-electron chi connectivity index (χ1n) is 6.09. The van der Waals surface area contributed by atoms with Crippen LogP contribution in [0.15, 0.2) is 18.2 Å². The first-order chi connectivity index (χ1) is 7.90. The van der Waals surface area contributed by atoms with Gasteiger partial charge in [-0.15, -0.1) is 0 Å². The normalized spacial score (nSPS) is 15.7. The minimum atomic E-state index is 0.00973. The molecule has 0 spiro atoms. The van der Waals surface area contributed by atoms with Gasteiger partial charge in [0.25, 0.3) is 0 Å². The predicted octanol–water partition coefficient (Wildman–Crippen LogP) is 3.07. The average Bonchev–Trinajstić information content (AvgIpc) is 2.98. The lowest BCUT2D eigenvalue weighted by molar-refractivity contribution is 0.101. The lowest BCUT2D eigenvalue weighted by atomic mass is 9.98. The maximum Gasteiger partial charge on any atom is 0.161 e. The number of carbonyl (C=O) groups excluding carboxylic acids is 1. The van der Waals surface area contributed by atoms with E-state index in [0.717, 1.165) is 11.6 Å². The molecule has 0 aromatic heterocycles. The lowest BCUT2D eigenvalue weighted by Gasteiger charge is -2.27. The molecule has 1 fully saturated rings. The molecule has 0 bridgehead atoms. The van der Waals surface area contributed by atoms with Crippen molar-refractivity contribution >= 4 is 17.2 Å². The molecule has 0 heterocycles. The number of ketones is 1. The zero-order valence-electron chi connectivity index (χ0n) is 10.7. The van der Waals surface area contributed by atoms with Gasteiger partial charge in [0.05, 0.1) is 0 Å². The molecule has 0 atom stereocenters. The lowest BCUT2D eigenvalue weighted by Crippen LogP contribution is -2.33. The summed E-state index contributed by atoms with van der Waals surface area (Å²) in [5.74, 6) is 0.756. The van der Waals surface area contributed by atoms with Crippen molar-refractivity contribution in [2.45, 2.75) is 39.2 Å². The van der Waals surface area contributed by atoms with Crippen LogP contribution in [0.5, 0.6) is 0 Å². The standard InChI is InChI=1S/C14H20N2O/c1-9(17)12-7-6-11(8-13(12)15)16-14(2,3)10-4-5-10/h6-8,10,16H,4-5,15H2,1-3H3. The zero-order valence-corrected chi connectivity index (χ0v) is 10.7. The summed E-state index contributed by atoms with van der Waals surface area (Å²) in [6.45, 7) is 5.95. The van der Waals surface area contributed by atoms with Gasteiger partial charge in [-0.25, -0.2) is 0 Å². The number of rotatable bonds is 4. The molecule has 0 aliphatic heterocycles. The number of nitrogens with one attached hydrogen (secondary N) is 1. The SMILES string of the molecule is CC(=O)c1ccc(NC(C)(C)C2CC2)cc1N. The van der Waals surface area contributed by atoms with E-state index in [1.807, 2.05) is 12.1 Å². The van der Waals surface area contributed by atoms with Gasteiger partial charge in [-0.2, -0.15) is 0 Å². The van der Waals surface area contributed by atoms with E-state index in [0.29, 0.717) is 11.3 Å². The van der Waals surface area contributed by atoms with Gasteiger partial charge < -0.3 is 11.1 Å². The molecule has 1 aromatic carbocycles. The van der Waals surface area contributed by atoms with Crippen molar-refractivity contribution in [2.24, 2.45) is 5.92 Å². The van der Waals surface area contributed by atoms with E-state index in [1.54, 1.807) is 6.07 Å². The number of hydrogen-bond acceptors (Lipinski definition) is 3. The molecular formula is C14H20N2O. The highest BCUT2D eigenvalue weighted by Gasteiger charge is 2.37. The number of carbonyl (C=O) groups is 1. The van der Waals surface area contributed by atoms with E-state index in [1.165, 1.54) is 19.8 Å². The van der Waals surface area contributed by atoms with Gasteiger partial charge in [0.2, 0.25) is 0 Å². The molecule has 1 aromatic rings. The smallest absolute Gasteiger partial charge is 0.161 e. The molecule has 0 radical (unpaired) electrons. The van der Waals surface area contributed by atoms with Crippen LogP contribution in [0.3, 0.4) is 0 Å². The second kappa shape index (κ2) is 4.06. The Balaban J connectivity index is 2.17. The second-order valence-electron chi connectivity index (χ2n) is 5.48. The molecule has 3 N–H and O–H groups in total. The van der Waals surface area contributed by atoms with Crippen LogP contribution in [0.1, 0.15) is 44.0 Å². The third-order valence-electron chi connectivity index (χ3n) is 3.50. The van der Waals surface area contributed by atoms with Crippen LogP contribution in [0.2, 0.25) is 0 Å². The van der Waals surface area contributed by atoms with E-state index in [-0.39, 0.29) is 11.3 Å². The number of nitrogens with two attached hydrogens (primary N) is 1. The molecule has 2 rings (SSSR count). The van der Waals surface area contributed by atoms with Crippen molar-refractivity contribution in [3.8, 4) is 0 Å². The largest absolute Gasteiger partial charge is 0.398 e. The van der Waals surface area contributed by atoms with E-state index >= 15 is 0 Å². The number of hydrogen-bond donors (Lipinski definition) is 2. The molecule has 17 heavy (non-hydrogen) atoms. The first-order valence-corrected chi connectivity index (χ1v) is 6.09. The van der Waals surface area contributed by atoms with Crippen molar-refractivity contribution in [3.63, 3.8) is 0 Å². The van der Waals surface area contributed by atoms with Crippen molar-refractivity contribution < 1.29 is 4.79 Å². The van der Waals surface area contributed by atoms with Crippen LogP contribution in [0.25, 0.3) is 0 Å². The Morgan fingerprint density at radius 1 is 1.41 bits per heavy atom. The molecule has 3 heteroatoms. The molecule has 0 unspecified atom stereocenters. The monoisotopic (exact) mass is 232 g/mol. The molecular weight excluding hydrogens is 212 g/mol. The predicted molar refractivity (Wildman–Crippen MR) is 71.3 cm³/mol. The molecule has 92 valence electrons. The van der Waals surface area contributed by atoms with Crippen molar-refractivity contribution in [1.82, 2.24) is 0 Å². The highest BCUT2D eigenvalue weighted by molar-refractivity contribution is 5.99. The van der Waals surface area contributed by atoms with Crippen LogP contribution in [-0.4, -0.2) is 11.3 Å². The van der Waals surface area contributed by atoms with Crippen molar-refractivity contribution in [2.75, 3.05) is 11.1 Å². The van der Waals surface area contributed by atoms with Crippen LogP contribution < -0.4 is 11.1 Å². The van der Waals surface area contributed by atoms with Crippen LogP contribution in [0, 0.1) is 5.92 Å². The Labute approximate surface area is 102 Å². The molecule has 1 aliphatic carbocycles. The zero-order chi connectivity index (χ0) is 12.6. The molecule has 1 saturated carbocycles. The van der Waals surface area contributed by atoms with Crippen LogP contribution >= 0.6 is 0 Å². The van der Waals surface area contributed by atoms with Gasteiger partial charge in [-0.3, -0.25) is 4.79 Å². The third kappa shape index (κ3) is 2.60. The van der Waals surface area contributed by atoms with Crippen molar-refractivity contribution in [1.29, 1.82) is 0 Å². The highest BCUT2D eigenvalue weighted by atomic mass is 16.1. The summed E-state index contributed by atoms with van der Waals surface area (Å²) in [5, 5.41) is 3.50. The number of Topliss-reactive ketones (excluding diaryl/α,β-unsaturated/α-hetero) is 1. The topological polar surface area (TPSA) is 55.1 Å². The Morgan fingerprint density at radius 2 is 2.06 bits per heavy atom.